The second-order valence-corrected chi connectivity index (χ2v) is 9.02. The Hall–Kier alpha value is -2.46. The van der Waals surface area contributed by atoms with Crippen LogP contribution in [-0.2, 0) is 6.42 Å². The number of carboxylic acid groups (broad SMARTS) is 1. The minimum atomic E-state index is -0.913. The van der Waals surface area contributed by atoms with Crippen molar-refractivity contribution in [3.63, 3.8) is 0 Å². The van der Waals surface area contributed by atoms with Crippen LogP contribution in [0.3, 0.4) is 0 Å². The third kappa shape index (κ3) is 8.09. The van der Waals surface area contributed by atoms with Gasteiger partial charge in [0, 0.05) is 18.1 Å². The van der Waals surface area contributed by atoms with Gasteiger partial charge in [-0.3, -0.25) is 0 Å². The topological polar surface area (TPSA) is 49.8 Å². The number of carboxylic acids is 1. The lowest BCUT2D eigenvalue weighted by molar-refractivity contribution is 0.0697. The van der Waals surface area contributed by atoms with E-state index in [1.807, 2.05) is 38.1 Å². The van der Waals surface area contributed by atoms with Gasteiger partial charge in [-0.1, -0.05) is 43.7 Å². The highest BCUT2D eigenvalue weighted by molar-refractivity contribution is 6.30. The molecule has 186 valence electrons. The summed E-state index contributed by atoms with van der Waals surface area (Å²) in [4.78, 5) is 13.9. The minimum absolute atomic E-state index is 0.294. The number of nitrogens with zero attached hydrogens (tertiary/aromatic N) is 1. The molecule has 0 aliphatic heterocycles. The molecule has 5 heteroatoms. The molecule has 1 fully saturated rings. The minimum Gasteiger partial charge on any atom is -0.491 e. The number of ether oxygens (including phenoxy) is 1. The van der Waals surface area contributed by atoms with Gasteiger partial charge in [-0.25, -0.2) is 4.79 Å². The summed E-state index contributed by atoms with van der Waals surface area (Å²) in [6.07, 6.45) is 8.41. The molecule has 3 rings (SSSR count). The number of unbranched alkanes of at least 4 members (excludes halogenated alkanes) is 1. The lowest BCUT2D eigenvalue weighted by Gasteiger charge is -2.40. The van der Waals surface area contributed by atoms with E-state index in [0.29, 0.717) is 24.0 Å². The maximum atomic E-state index is 11.6. The lowest BCUT2D eigenvalue weighted by atomic mass is 9.71. The molecular formula is C29H40ClNO3. The number of rotatable bonds is 13. The normalized spacial score (nSPS) is 16.6. The molecule has 1 saturated carbocycles. The molecule has 1 unspecified atom stereocenters. The number of hydrogen-bond donors (Lipinski definition) is 1. The smallest absolute Gasteiger partial charge is 0.335 e. The number of anilines is 1. The molecule has 0 bridgehead atoms. The molecule has 0 heterocycles. The molecule has 1 aliphatic rings. The molecule has 2 aromatic carbocycles. The second-order valence-electron chi connectivity index (χ2n) is 8.58. The first-order valence-electron chi connectivity index (χ1n) is 12.6. The third-order valence-corrected chi connectivity index (χ3v) is 6.67. The fraction of sp³-hybridized carbons (Fsp3) is 0.483. The van der Waals surface area contributed by atoms with E-state index in [1.165, 1.54) is 18.4 Å². The Balaban J connectivity index is 0.00000199. The van der Waals surface area contributed by atoms with Gasteiger partial charge < -0.3 is 14.7 Å². The molecule has 0 saturated heterocycles. The van der Waals surface area contributed by atoms with Crippen LogP contribution >= 0.6 is 11.6 Å². The number of allylic oxidation sites excluding steroid dienone is 1. The Bertz CT molecular complexity index is 914. The van der Waals surface area contributed by atoms with Crippen molar-refractivity contribution in [3.8, 4) is 5.75 Å². The fourth-order valence-electron chi connectivity index (χ4n) is 4.41. The van der Waals surface area contributed by atoms with E-state index in [0.717, 1.165) is 55.2 Å². The van der Waals surface area contributed by atoms with Crippen LogP contribution in [0.1, 0.15) is 68.8 Å². The van der Waals surface area contributed by atoms with E-state index >= 15 is 0 Å². The van der Waals surface area contributed by atoms with Crippen LogP contribution in [0.15, 0.2) is 55.1 Å². The van der Waals surface area contributed by atoms with Crippen molar-refractivity contribution in [1.82, 2.24) is 0 Å². The van der Waals surface area contributed by atoms with Crippen molar-refractivity contribution in [1.29, 1.82) is 0 Å². The summed E-state index contributed by atoms with van der Waals surface area (Å²) in [5.74, 6) is 1.15. The molecule has 0 amide bonds. The average molecular weight is 486 g/mol. The quantitative estimate of drug-likeness (QED) is 0.231. The van der Waals surface area contributed by atoms with Crippen LogP contribution in [0.4, 0.5) is 5.69 Å². The van der Waals surface area contributed by atoms with Gasteiger partial charge in [-0.2, -0.15) is 0 Å². The monoisotopic (exact) mass is 485 g/mol. The van der Waals surface area contributed by atoms with Crippen LogP contribution in [-0.4, -0.2) is 30.8 Å². The summed E-state index contributed by atoms with van der Waals surface area (Å²) in [6.45, 7) is 12.3. The van der Waals surface area contributed by atoms with Crippen molar-refractivity contribution in [2.45, 2.75) is 59.3 Å². The molecule has 1 N–H and O–H groups in total. The van der Waals surface area contributed by atoms with Gasteiger partial charge in [-0.15, -0.1) is 6.58 Å². The number of benzene rings is 2. The largest absolute Gasteiger partial charge is 0.491 e. The molecule has 0 aromatic heterocycles. The lowest BCUT2D eigenvalue weighted by Crippen LogP contribution is -2.38. The van der Waals surface area contributed by atoms with Gasteiger partial charge in [0.2, 0.25) is 0 Å². The summed E-state index contributed by atoms with van der Waals surface area (Å²) < 4.78 is 6.15. The highest BCUT2D eigenvalue weighted by Crippen LogP contribution is 2.39. The maximum Gasteiger partial charge on any atom is 0.335 e. The SMILES string of the molecule is C=CC[C@@H]1CCC1CN(CC)c1cc(C(=O)O)ccc1OCCCCc1cccc(Cl)c1.CC. The zero-order valence-electron chi connectivity index (χ0n) is 20.9. The van der Waals surface area contributed by atoms with Gasteiger partial charge in [0.25, 0.3) is 0 Å². The van der Waals surface area contributed by atoms with E-state index in [4.69, 9.17) is 16.3 Å². The van der Waals surface area contributed by atoms with Gasteiger partial charge in [0.1, 0.15) is 5.75 Å². The summed E-state index contributed by atoms with van der Waals surface area (Å²) in [7, 11) is 0. The molecule has 34 heavy (non-hydrogen) atoms. The highest BCUT2D eigenvalue weighted by atomic mass is 35.5. The summed E-state index contributed by atoms with van der Waals surface area (Å²) in [6, 6.07) is 13.2. The zero-order chi connectivity index (χ0) is 24.9. The highest BCUT2D eigenvalue weighted by Gasteiger charge is 2.31. The molecule has 2 aromatic rings. The van der Waals surface area contributed by atoms with Crippen molar-refractivity contribution >= 4 is 23.3 Å². The first-order chi connectivity index (χ1) is 16.5. The second kappa shape index (κ2) is 14.7. The number of hydrogen-bond acceptors (Lipinski definition) is 3. The Morgan fingerprint density at radius 1 is 1.18 bits per heavy atom. The zero-order valence-corrected chi connectivity index (χ0v) is 21.7. The molecule has 0 spiro atoms. The number of carbonyl (C=O) groups is 1. The van der Waals surface area contributed by atoms with Crippen LogP contribution in [0.25, 0.3) is 0 Å². The maximum absolute atomic E-state index is 11.6. The summed E-state index contributed by atoms with van der Waals surface area (Å²) >= 11 is 6.06. The van der Waals surface area contributed by atoms with Crippen LogP contribution in [0.5, 0.6) is 5.75 Å². The number of aromatic carboxylic acids is 1. The third-order valence-electron chi connectivity index (χ3n) is 6.43. The molecule has 2 atom stereocenters. The first kappa shape index (κ1) is 27.8. The predicted molar refractivity (Wildman–Crippen MR) is 144 cm³/mol. The van der Waals surface area contributed by atoms with Crippen LogP contribution < -0.4 is 9.64 Å². The van der Waals surface area contributed by atoms with Gasteiger partial charge >= 0.3 is 5.97 Å². The Labute approximate surface area is 210 Å². The number of halogens is 1. The molecule has 0 radical (unpaired) electrons. The van der Waals surface area contributed by atoms with Crippen molar-refractivity contribution < 1.29 is 14.6 Å². The van der Waals surface area contributed by atoms with E-state index < -0.39 is 5.97 Å². The average Bonchev–Trinajstić information content (AvgIpc) is 2.83. The van der Waals surface area contributed by atoms with Crippen molar-refractivity contribution in [3.05, 3.63) is 71.3 Å². The van der Waals surface area contributed by atoms with E-state index in [9.17, 15) is 9.90 Å². The van der Waals surface area contributed by atoms with Gasteiger partial charge in [0.05, 0.1) is 17.9 Å². The predicted octanol–water partition coefficient (Wildman–Crippen LogP) is 7.89. The molecular weight excluding hydrogens is 446 g/mol. The fourth-order valence-corrected chi connectivity index (χ4v) is 4.62. The Morgan fingerprint density at radius 3 is 2.56 bits per heavy atom. The van der Waals surface area contributed by atoms with Gasteiger partial charge in [0.15, 0.2) is 0 Å². The van der Waals surface area contributed by atoms with Crippen LogP contribution in [0, 0.1) is 11.8 Å². The molecule has 4 nitrogen and oxygen atoms in total. The molecule has 1 aliphatic carbocycles. The van der Waals surface area contributed by atoms with E-state index in [2.05, 4.69) is 24.5 Å². The standard InChI is InChI=1S/C27H34ClNO3.C2H6/c1-3-8-21-12-13-23(21)19-29(4-2)25-18-22(27(30)31)14-15-26(25)32-16-6-5-9-20-10-7-11-24(28)17-20;1-2/h3,7,10-11,14-15,17-18,21,23H,1,4-6,8-9,12-13,16,19H2,2H3,(H,30,31);1-2H3/t21-,23?;/m1./s1. The van der Waals surface area contributed by atoms with E-state index in [1.54, 1.807) is 18.2 Å². The number of aryl methyl sites for hydroxylation is 1. The Morgan fingerprint density at radius 2 is 1.94 bits per heavy atom. The van der Waals surface area contributed by atoms with Gasteiger partial charge in [-0.05, 0) is 93.2 Å². The summed E-state index contributed by atoms with van der Waals surface area (Å²) in [5.41, 5.74) is 2.41. The Kier molecular flexibility index (Phi) is 12.0. The first-order valence-corrected chi connectivity index (χ1v) is 13.0. The van der Waals surface area contributed by atoms with Crippen LogP contribution in [0.2, 0.25) is 5.02 Å². The van der Waals surface area contributed by atoms with Crippen molar-refractivity contribution in [2.75, 3.05) is 24.6 Å². The van der Waals surface area contributed by atoms with E-state index in [-0.39, 0.29) is 0 Å². The summed E-state index contributed by atoms with van der Waals surface area (Å²) in [5, 5.41) is 10.3. The van der Waals surface area contributed by atoms with Crippen molar-refractivity contribution in [2.24, 2.45) is 11.8 Å².